The summed E-state index contributed by atoms with van der Waals surface area (Å²) < 4.78 is 0. The standard InChI is InChI=1S/C13H26N2O/c1-10-5-6-15(11(2)7-10)8-13(9-16)14-12-3-4-12/h10-14,16H,3-9H2,1-2H3. The maximum atomic E-state index is 9.38. The largest absolute Gasteiger partial charge is 0.395 e. The molecule has 0 spiro atoms. The highest BCUT2D eigenvalue weighted by Crippen LogP contribution is 2.23. The van der Waals surface area contributed by atoms with E-state index < -0.39 is 0 Å². The van der Waals surface area contributed by atoms with E-state index in [2.05, 4.69) is 24.1 Å². The van der Waals surface area contributed by atoms with E-state index in [0.717, 1.165) is 12.5 Å². The van der Waals surface area contributed by atoms with Crippen molar-refractivity contribution in [1.82, 2.24) is 10.2 Å². The highest BCUT2D eigenvalue weighted by Gasteiger charge is 2.28. The quantitative estimate of drug-likeness (QED) is 0.740. The molecule has 3 nitrogen and oxygen atoms in total. The topological polar surface area (TPSA) is 35.5 Å². The van der Waals surface area contributed by atoms with Gasteiger partial charge in [0.15, 0.2) is 0 Å². The number of hydrogen-bond donors (Lipinski definition) is 2. The van der Waals surface area contributed by atoms with Crippen molar-refractivity contribution in [2.75, 3.05) is 19.7 Å². The van der Waals surface area contributed by atoms with E-state index in [1.807, 2.05) is 0 Å². The first-order valence-corrected chi connectivity index (χ1v) is 6.80. The van der Waals surface area contributed by atoms with Crippen molar-refractivity contribution in [3.63, 3.8) is 0 Å². The van der Waals surface area contributed by atoms with E-state index in [4.69, 9.17) is 0 Å². The molecule has 2 rings (SSSR count). The van der Waals surface area contributed by atoms with Gasteiger partial charge in [0.25, 0.3) is 0 Å². The minimum absolute atomic E-state index is 0.273. The number of rotatable bonds is 5. The molecule has 3 heteroatoms. The summed E-state index contributed by atoms with van der Waals surface area (Å²) in [7, 11) is 0. The summed E-state index contributed by atoms with van der Waals surface area (Å²) in [5, 5.41) is 12.9. The minimum atomic E-state index is 0.273. The van der Waals surface area contributed by atoms with Gasteiger partial charge in [0, 0.05) is 24.7 Å². The van der Waals surface area contributed by atoms with Crippen molar-refractivity contribution < 1.29 is 5.11 Å². The minimum Gasteiger partial charge on any atom is -0.395 e. The first-order chi connectivity index (χ1) is 7.69. The lowest BCUT2D eigenvalue weighted by atomic mass is 9.93. The number of aliphatic hydroxyl groups excluding tert-OH is 1. The Morgan fingerprint density at radius 3 is 2.62 bits per heavy atom. The lowest BCUT2D eigenvalue weighted by molar-refractivity contribution is 0.101. The fraction of sp³-hybridized carbons (Fsp3) is 1.00. The summed E-state index contributed by atoms with van der Waals surface area (Å²) in [6.07, 6.45) is 5.21. The Bertz CT molecular complexity index is 218. The van der Waals surface area contributed by atoms with Crippen LogP contribution in [0.15, 0.2) is 0 Å². The predicted molar refractivity (Wildman–Crippen MR) is 66.5 cm³/mol. The Hall–Kier alpha value is -0.120. The van der Waals surface area contributed by atoms with Crippen LogP contribution in [0.4, 0.5) is 0 Å². The third kappa shape index (κ3) is 3.44. The Morgan fingerprint density at radius 1 is 1.31 bits per heavy atom. The number of hydrogen-bond acceptors (Lipinski definition) is 3. The van der Waals surface area contributed by atoms with Crippen LogP contribution in [-0.4, -0.2) is 47.8 Å². The molecule has 16 heavy (non-hydrogen) atoms. The van der Waals surface area contributed by atoms with Gasteiger partial charge in [-0.2, -0.15) is 0 Å². The summed E-state index contributed by atoms with van der Waals surface area (Å²) >= 11 is 0. The third-order valence-electron chi connectivity index (χ3n) is 4.00. The van der Waals surface area contributed by atoms with E-state index in [9.17, 15) is 5.11 Å². The molecule has 2 aliphatic rings. The van der Waals surface area contributed by atoms with Crippen LogP contribution in [-0.2, 0) is 0 Å². The predicted octanol–water partition coefficient (Wildman–Crippen LogP) is 1.22. The zero-order chi connectivity index (χ0) is 11.5. The lowest BCUT2D eigenvalue weighted by Crippen LogP contribution is -2.49. The van der Waals surface area contributed by atoms with E-state index in [0.29, 0.717) is 12.1 Å². The molecule has 1 saturated heterocycles. The van der Waals surface area contributed by atoms with Crippen LogP contribution < -0.4 is 5.32 Å². The molecule has 1 aliphatic heterocycles. The van der Waals surface area contributed by atoms with Gasteiger partial charge in [-0.15, -0.1) is 0 Å². The Kier molecular flexibility index (Phi) is 4.22. The molecular formula is C13H26N2O. The van der Waals surface area contributed by atoms with Crippen LogP contribution in [0, 0.1) is 5.92 Å². The summed E-state index contributed by atoms with van der Waals surface area (Å²) in [5.74, 6) is 0.871. The van der Waals surface area contributed by atoms with Gasteiger partial charge in [0.1, 0.15) is 0 Å². The van der Waals surface area contributed by atoms with Crippen molar-refractivity contribution in [3.8, 4) is 0 Å². The molecule has 0 aromatic carbocycles. The molecule has 1 saturated carbocycles. The second kappa shape index (κ2) is 5.48. The molecule has 2 fully saturated rings. The molecule has 3 atom stereocenters. The van der Waals surface area contributed by atoms with Crippen LogP contribution in [0.25, 0.3) is 0 Å². The monoisotopic (exact) mass is 226 g/mol. The summed E-state index contributed by atoms with van der Waals surface area (Å²) in [4.78, 5) is 2.54. The van der Waals surface area contributed by atoms with Crippen molar-refractivity contribution in [2.45, 2.75) is 57.7 Å². The molecule has 0 aromatic heterocycles. The van der Waals surface area contributed by atoms with Gasteiger partial charge >= 0.3 is 0 Å². The summed E-state index contributed by atoms with van der Waals surface area (Å²) in [6, 6.07) is 1.65. The third-order valence-corrected chi connectivity index (χ3v) is 4.00. The average Bonchev–Trinajstić information content (AvgIpc) is 3.04. The number of nitrogens with one attached hydrogen (secondary N) is 1. The normalized spacial score (nSPS) is 33.9. The van der Waals surface area contributed by atoms with Gasteiger partial charge in [-0.3, -0.25) is 4.90 Å². The average molecular weight is 226 g/mol. The molecule has 0 bridgehead atoms. The second-order valence-corrected chi connectivity index (χ2v) is 5.79. The summed E-state index contributed by atoms with van der Waals surface area (Å²) in [5.41, 5.74) is 0. The van der Waals surface area contributed by atoms with Crippen LogP contribution in [0.1, 0.15) is 39.5 Å². The lowest BCUT2D eigenvalue weighted by Gasteiger charge is -2.38. The molecule has 2 N–H and O–H groups in total. The summed E-state index contributed by atoms with van der Waals surface area (Å²) in [6.45, 7) is 7.16. The van der Waals surface area contributed by atoms with E-state index in [1.54, 1.807) is 0 Å². The number of aliphatic hydroxyl groups is 1. The van der Waals surface area contributed by atoms with Crippen molar-refractivity contribution in [3.05, 3.63) is 0 Å². The van der Waals surface area contributed by atoms with Crippen LogP contribution >= 0.6 is 0 Å². The number of piperidine rings is 1. The molecular weight excluding hydrogens is 200 g/mol. The van der Waals surface area contributed by atoms with Gasteiger partial charge < -0.3 is 10.4 Å². The molecule has 1 aliphatic carbocycles. The molecule has 1 heterocycles. The van der Waals surface area contributed by atoms with E-state index in [1.165, 1.54) is 32.2 Å². The maximum absolute atomic E-state index is 9.38. The van der Waals surface area contributed by atoms with Crippen LogP contribution in [0.3, 0.4) is 0 Å². The van der Waals surface area contributed by atoms with Crippen LogP contribution in [0.2, 0.25) is 0 Å². The Labute approximate surface area is 99.2 Å². The fourth-order valence-corrected chi connectivity index (χ4v) is 2.76. The van der Waals surface area contributed by atoms with Crippen LogP contribution in [0.5, 0.6) is 0 Å². The zero-order valence-corrected chi connectivity index (χ0v) is 10.7. The van der Waals surface area contributed by atoms with Gasteiger partial charge in [-0.25, -0.2) is 0 Å². The van der Waals surface area contributed by atoms with E-state index in [-0.39, 0.29) is 12.6 Å². The molecule has 3 unspecified atom stereocenters. The first-order valence-electron chi connectivity index (χ1n) is 6.80. The maximum Gasteiger partial charge on any atom is 0.0597 e. The molecule has 0 amide bonds. The van der Waals surface area contributed by atoms with E-state index >= 15 is 0 Å². The van der Waals surface area contributed by atoms with Gasteiger partial charge in [-0.1, -0.05) is 6.92 Å². The Morgan fingerprint density at radius 2 is 2.06 bits per heavy atom. The highest BCUT2D eigenvalue weighted by molar-refractivity contribution is 4.87. The van der Waals surface area contributed by atoms with Crippen molar-refractivity contribution in [2.24, 2.45) is 5.92 Å². The van der Waals surface area contributed by atoms with Gasteiger partial charge in [-0.05, 0) is 45.1 Å². The Balaban J connectivity index is 1.77. The molecule has 0 radical (unpaired) electrons. The highest BCUT2D eigenvalue weighted by atomic mass is 16.3. The van der Waals surface area contributed by atoms with Gasteiger partial charge in [0.05, 0.1) is 6.61 Å². The smallest absolute Gasteiger partial charge is 0.0597 e. The van der Waals surface area contributed by atoms with Gasteiger partial charge in [0.2, 0.25) is 0 Å². The first kappa shape index (κ1) is 12.3. The van der Waals surface area contributed by atoms with Crippen molar-refractivity contribution >= 4 is 0 Å². The van der Waals surface area contributed by atoms with Crippen molar-refractivity contribution in [1.29, 1.82) is 0 Å². The number of nitrogens with zero attached hydrogens (tertiary/aromatic N) is 1. The fourth-order valence-electron chi connectivity index (χ4n) is 2.76. The molecule has 0 aromatic rings. The molecule has 94 valence electrons. The number of likely N-dealkylation sites (tertiary alicyclic amines) is 1. The zero-order valence-electron chi connectivity index (χ0n) is 10.7. The SMILES string of the molecule is CC1CCN(CC(CO)NC2CC2)C(C)C1. The second-order valence-electron chi connectivity index (χ2n) is 5.79.